The van der Waals surface area contributed by atoms with Gasteiger partial charge < -0.3 is 10.4 Å². The lowest BCUT2D eigenvalue weighted by Gasteiger charge is -2.14. The van der Waals surface area contributed by atoms with Crippen LogP contribution >= 0.6 is 0 Å². The Morgan fingerprint density at radius 3 is 2.86 bits per heavy atom. The van der Waals surface area contributed by atoms with Crippen LogP contribution in [0.1, 0.15) is 29.8 Å². The van der Waals surface area contributed by atoms with E-state index in [1.54, 1.807) is 35.3 Å². The van der Waals surface area contributed by atoms with Gasteiger partial charge >= 0.3 is 5.97 Å². The number of nitrogens with zero attached hydrogens (tertiary/aromatic N) is 3. The molecule has 22 heavy (non-hydrogen) atoms. The average Bonchev–Trinajstić information content (AvgIpc) is 3.16. The molecule has 2 aromatic heterocycles. The van der Waals surface area contributed by atoms with Gasteiger partial charge in [0.2, 0.25) is 0 Å². The molecule has 0 aliphatic heterocycles. The Balaban J connectivity index is 1.73. The Morgan fingerprint density at radius 2 is 2.23 bits per heavy atom. The number of carboxylic acids is 1. The normalized spacial score (nSPS) is 15.3. The maximum Gasteiger partial charge on any atom is 0.326 e. The van der Waals surface area contributed by atoms with Gasteiger partial charge in [-0.15, -0.1) is 0 Å². The molecule has 114 valence electrons. The molecule has 0 bridgehead atoms. The van der Waals surface area contributed by atoms with Crippen LogP contribution in [0.5, 0.6) is 0 Å². The van der Waals surface area contributed by atoms with E-state index >= 15 is 0 Å². The summed E-state index contributed by atoms with van der Waals surface area (Å²) in [5.74, 6) is -1.09. The monoisotopic (exact) mass is 300 g/mol. The minimum Gasteiger partial charge on any atom is -0.480 e. The highest BCUT2D eigenvalue weighted by molar-refractivity contribution is 5.95. The van der Waals surface area contributed by atoms with Crippen LogP contribution < -0.4 is 5.32 Å². The van der Waals surface area contributed by atoms with Gasteiger partial charge in [-0.1, -0.05) is 12.8 Å². The van der Waals surface area contributed by atoms with Gasteiger partial charge in [0.1, 0.15) is 11.7 Å². The lowest BCUT2D eigenvalue weighted by molar-refractivity contribution is -0.139. The molecule has 0 saturated heterocycles. The zero-order chi connectivity index (χ0) is 15.5. The number of carboxylic acid groups (broad SMARTS) is 1. The van der Waals surface area contributed by atoms with E-state index in [-0.39, 0.29) is 5.69 Å². The number of amides is 1. The number of nitrogens with one attached hydrogen (secondary N) is 1. The van der Waals surface area contributed by atoms with Crippen molar-refractivity contribution in [3.63, 3.8) is 0 Å². The zero-order valence-corrected chi connectivity index (χ0v) is 11.8. The zero-order valence-electron chi connectivity index (χ0n) is 11.8. The number of hydrogen-bond donors (Lipinski definition) is 2. The summed E-state index contributed by atoms with van der Waals surface area (Å²) in [6, 6.07) is 4.22. The van der Waals surface area contributed by atoms with Crippen molar-refractivity contribution in [1.82, 2.24) is 20.1 Å². The van der Waals surface area contributed by atoms with Crippen LogP contribution in [0.4, 0.5) is 0 Å². The number of hydrogen-bond acceptors (Lipinski definition) is 4. The fraction of sp³-hybridized carbons (Fsp3) is 0.333. The van der Waals surface area contributed by atoms with Gasteiger partial charge in [0.05, 0.1) is 5.69 Å². The van der Waals surface area contributed by atoms with Gasteiger partial charge in [0.25, 0.3) is 5.91 Å². The van der Waals surface area contributed by atoms with Crippen molar-refractivity contribution in [2.45, 2.75) is 25.3 Å². The van der Waals surface area contributed by atoms with E-state index in [1.165, 1.54) is 6.20 Å². The molecule has 7 heteroatoms. The summed E-state index contributed by atoms with van der Waals surface area (Å²) in [6.45, 7) is 0. The highest BCUT2D eigenvalue weighted by atomic mass is 16.4. The molecule has 0 aromatic carbocycles. The van der Waals surface area contributed by atoms with Crippen molar-refractivity contribution >= 4 is 11.9 Å². The maximum atomic E-state index is 12.2. The second kappa shape index (κ2) is 5.97. The topological polar surface area (TPSA) is 97.1 Å². The molecular weight excluding hydrogens is 284 g/mol. The fourth-order valence-electron chi connectivity index (χ4n) is 2.25. The van der Waals surface area contributed by atoms with Crippen molar-refractivity contribution in [2.75, 3.05) is 0 Å². The Kier molecular flexibility index (Phi) is 3.86. The van der Waals surface area contributed by atoms with Crippen molar-refractivity contribution in [2.24, 2.45) is 5.92 Å². The molecular formula is C15H16N4O3. The SMILES string of the molecule is O=C(NC(CC1CC1)C(=O)O)c1cc(-n2cccn2)ccn1. The van der Waals surface area contributed by atoms with Gasteiger partial charge in [-0.2, -0.15) is 5.10 Å². The fourth-order valence-corrected chi connectivity index (χ4v) is 2.25. The summed E-state index contributed by atoms with van der Waals surface area (Å²) in [5, 5.41) is 15.8. The number of aliphatic carboxylic acids is 1. The van der Waals surface area contributed by atoms with Crippen LogP contribution in [0.25, 0.3) is 5.69 Å². The van der Waals surface area contributed by atoms with E-state index in [2.05, 4.69) is 15.4 Å². The quantitative estimate of drug-likeness (QED) is 0.837. The van der Waals surface area contributed by atoms with E-state index in [0.717, 1.165) is 12.8 Å². The number of carbonyl (C=O) groups is 2. The van der Waals surface area contributed by atoms with E-state index < -0.39 is 17.9 Å². The van der Waals surface area contributed by atoms with Crippen LogP contribution in [0.15, 0.2) is 36.8 Å². The highest BCUT2D eigenvalue weighted by Gasteiger charge is 2.30. The summed E-state index contributed by atoms with van der Waals surface area (Å²) in [4.78, 5) is 27.5. The molecule has 1 atom stereocenters. The molecule has 2 aromatic rings. The first-order valence-corrected chi connectivity index (χ1v) is 7.13. The summed E-state index contributed by atoms with van der Waals surface area (Å²) in [5.41, 5.74) is 0.870. The predicted molar refractivity (Wildman–Crippen MR) is 77.6 cm³/mol. The minimum absolute atomic E-state index is 0.176. The molecule has 2 heterocycles. The second-order valence-electron chi connectivity index (χ2n) is 5.39. The first-order chi connectivity index (χ1) is 10.6. The standard InChI is InChI=1S/C15H16N4O3/c20-14(18-13(15(21)22)8-10-2-3-10)12-9-11(4-6-16-12)19-7-1-5-17-19/h1,4-7,9-10,13H,2-3,8H2,(H,18,20)(H,21,22). The van der Waals surface area contributed by atoms with Crippen LogP contribution in [0.2, 0.25) is 0 Å². The molecule has 3 rings (SSSR count). The molecule has 2 N–H and O–H groups in total. The summed E-state index contributed by atoms with van der Waals surface area (Å²) >= 11 is 0. The average molecular weight is 300 g/mol. The third-order valence-corrected chi connectivity index (χ3v) is 3.61. The molecule has 1 saturated carbocycles. The largest absolute Gasteiger partial charge is 0.480 e. The van der Waals surface area contributed by atoms with Gasteiger partial charge in [-0.05, 0) is 30.5 Å². The molecule has 1 unspecified atom stereocenters. The maximum absolute atomic E-state index is 12.2. The molecule has 0 radical (unpaired) electrons. The number of pyridine rings is 1. The van der Waals surface area contributed by atoms with Crippen LogP contribution in [0, 0.1) is 5.92 Å². The first kappa shape index (κ1) is 14.2. The summed E-state index contributed by atoms with van der Waals surface area (Å²) < 4.78 is 1.61. The highest BCUT2D eigenvalue weighted by Crippen LogP contribution is 2.33. The molecule has 0 spiro atoms. The van der Waals surface area contributed by atoms with Crippen molar-refractivity contribution in [1.29, 1.82) is 0 Å². The summed E-state index contributed by atoms with van der Waals surface area (Å²) in [7, 11) is 0. The number of aromatic nitrogens is 3. The van der Waals surface area contributed by atoms with Gasteiger partial charge in [0.15, 0.2) is 0 Å². The molecule has 1 amide bonds. The Hall–Kier alpha value is -2.70. The Bertz CT molecular complexity index is 680. The van der Waals surface area contributed by atoms with E-state index in [1.807, 2.05) is 0 Å². The van der Waals surface area contributed by atoms with Crippen molar-refractivity contribution in [3.8, 4) is 5.69 Å². The predicted octanol–water partition coefficient (Wildman–Crippen LogP) is 1.25. The smallest absolute Gasteiger partial charge is 0.326 e. The minimum atomic E-state index is -1.01. The molecule has 1 aliphatic rings. The lowest BCUT2D eigenvalue weighted by atomic mass is 10.1. The van der Waals surface area contributed by atoms with Gasteiger partial charge in [0, 0.05) is 18.6 Å². The Morgan fingerprint density at radius 1 is 1.41 bits per heavy atom. The molecule has 7 nitrogen and oxygen atoms in total. The number of rotatable bonds is 6. The third kappa shape index (κ3) is 3.30. The third-order valence-electron chi connectivity index (χ3n) is 3.61. The summed E-state index contributed by atoms with van der Waals surface area (Å²) in [6.07, 6.45) is 7.43. The first-order valence-electron chi connectivity index (χ1n) is 7.13. The van der Waals surface area contributed by atoms with Gasteiger partial charge in [-0.25, -0.2) is 9.48 Å². The van der Waals surface area contributed by atoms with E-state index in [0.29, 0.717) is 18.0 Å². The van der Waals surface area contributed by atoms with E-state index in [4.69, 9.17) is 0 Å². The van der Waals surface area contributed by atoms with Crippen molar-refractivity contribution in [3.05, 3.63) is 42.5 Å². The number of carbonyl (C=O) groups excluding carboxylic acids is 1. The molecule has 1 fully saturated rings. The van der Waals surface area contributed by atoms with E-state index in [9.17, 15) is 14.7 Å². The van der Waals surface area contributed by atoms with Crippen LogP contribution in [-0.2, 0) is 4.79 Å². The second-order valence-corrected chi connectivity index (χ2v) is 5.39. The molecule has 1 aliphatic carbocycles. The van der Waals surface area contributed by atoms with Crippen LogP contribution in [-0.4, -0.2) is 37.8 Å². The van der Waals surface area contributed by atoms with Crippen LogP contribution in [0.3, 0.4) is 0 Å². The Labute approximate surface area is 127 Å². The lowest BCUT2D eigenvalue weighted by Crippen LogP contribution is -2.41. The van der Waals surface area contributed by atoms with Crippen molar-refractivity contribution < 1.29 is 14.7 Å². The van der Waals surface area contributed by atoms with Gasteiger partial charge in [-0.3, -0.25) is 9.78 Å².